The Balaban J connectivity index is 4.58. The van der Waals surface area contributed by atoms with Gasteiger partial charge in [0.05, 0.1) is 0 Å². The topological polar surface area (TPSA) is 83.8 Å². The SMILES string of the molecule is C=C(C(=O)OP(=O)(O)O)C(C)(C)CC. The molecule has 0 radical (unpaired) electrons. The molecule has 0 unspecified atom stereocenters. The zero-order valence-corrected chi connectivity index (χ0v) is 9.38. The molecule has 5 nitrogen and oxygen atoms in total. The van der Waals surface area contributed by atoms with Crippen LogP contribution in [0.2, 0.25) is 0 Å². The van der Waals surface area contributed by atoms with Crippen LogP contribution in [0.1, 0.15) is 27.2 Å². The van der Waals surface area contributed by atoms with E-state index in [1.807, 2.05) is 6.92 Å². The number of phosphoric ester groups is 1. The van der Waals surface area contributed by atoms with E-state index >= 15 is 0 Å². The van der Waals surface area contributed by atoms with E-state index in [4.69, 9.17) is 9.79 Å². The second-order valence-corrected chi connectivity index (χ2v) is 4.75. The van der Waals surface area contributed by atoms with Crippen LogP contribution in [0.15, 0.2) is 12.2 Å². The van der Waals surface area contributed by atoms with Gasteiger partial charge in [0.15, 0.2) is 0 Å². The number of rotatable bonds is 4. The summed E-state index contributed by atoms with van der Waals surface area (Å²) in [6.45, 7) is 8.80. The lowest BCUT2D eigenvalue weighted by Gasteiger charge is -2.23. The number of carbonyl (C=O) groups excluding carboxylic acids is 1. The van der Waals surface area contributed by atoms with Gasteiger partial charge in [-0.25, -0.2) is 9.36 Å². The van der Waals surface area contributed by atoms with E-state index < -0.39 is 19.2 Å². The number of phosphoric acid groups is 1. The second kappa shape index (κ2) is 4.26. The average molecular weight is 222 g/mol. The summed E-state index contributed by atoms with van der Waals surface area (Å²) in [5.41, 5.74) is -0.463. The van der Waals surface area contributed by atoms with Crippen LogP contribution in [0.25, 0.3) is 0 Å². The van der Waals surface area contributed by atoms with Crippen LogP contribution in [0.5, 0.6) is 0 Å². The standard InChI is InChI=1S/C8H15O5P/c1-5-8(3,4)6(2)7(9)13-14(10,11)12/h2,5H2,1,3-4H3,(H2,10,11,12). The van der Waals surface area contributed by atoms with Crippen LogP contribution in [-0.2, 0) is 13.9 Å². The molecule has 0 aromatic carbocycles. The molecular weight excluding hydrogens is 207 g/mol. The van der Waals surface area contributed by atoms with Crippen molar-refractivity contribution < 1.29 is 23.7 Å². The van der Waals surface area contributed by atoms with Crippen LogP contribution in [0, 0.1) is 5.41 Å². The van der Waals surface area contributed by atoms with Crippen molar-refractivity contribution in [2.75, 3.05) is 0 Å². The van der Waals surface area contributed by atoms with Crippen molar-refractivity contribution in [2.24, 2.45) is 5.41 Å². The predicted octanol–water partition coefficient (Wildman–Crippen LogP) is 1.61. The maximum atomic E-state index is 11.2. The molecule has 6 heteroatoms. The molecule has 0 bridgehead atoms. The van der Waals surface area contributed by atoms with Gasteiger partial charge in [-0.2, -0.15) is 0 Å². The summed E-state index contributed by atoms with van der Waals surface area (Å²) in [4.78, 5) is 28.0. The van der Waals surface area contributed by atoms with E-state index in [2.05, 4.69) is 11.1 Å². The highest BCUT2D eigenvalue weighted by Crippen LogP contribution is 2.39. The summed E-state index contributed by atoms with van der Waals surface area (Å²) in [5, 5.41) is 0. The molecule has 2 N–H and O–H groups in total. The van der Waals surface area contributed by atoms with Crippen molar-refractivity contribution in [3.8, 4) is 0 Å². The fourth-order valence-electron chi connectivity index (χ4n) is 0.653. The van der Waals surface area contributed by atoms with Gasteiger partial charge in [0, 0.05) is 5.57 Å². The average Bonchev–Trinajstić information content (AvgIpc) is 2.00. The monoisotopic (exact) mass is 222 g/mol. The van der Waals surface area contributed by atoms with Crippen molar-refractivity contribution in [2.45, 2.75) is 27.2 Å². The summed E-state index contributed by atoms with van der Waals surface area (Å²) in [6.07, 6.45) is 0.627. The Morgan fingerprint density at radius 1 is 1.50 bits per heavy atom. The molecule has 0 aliphatic rings. The highest BCUT2D eigenvalue weighted by Gasteiger charge is 2.30. The summed E-state index contributed by atoms with van der Waals surface area (Å²) in [7, 11) is -4.77. The predicted molar refractivity (Wildman–Crippen MR) is 51.3 cm³/mol. The third-order valence-electron chi connectivity index (χ3n) is 2.15. The van der Waals surface area contributed by atoms with Gasteiger partial charge < -0.3 is 4.52 Å². The Hall–Kier alpha value is -0.640. The first-order valence-corrected chi connectivity index (χ1v) is 5.62. The molecule has 0 rings (SSSR count). The molecule has 0 fully saturated rings. The van der Waals surface area contributed by atoms with Crippen LogP contribution in [-0.4, -0.2) is 15.8 Å². The number of hydrogen-bond donors (Lipinski definition) is 2. The highest BCUT2D eigenvalue weighted by atomic mass is 31.2. The second-order valence-electron chi connectivity index (χ2n) is 3.59. The maximum Gasteiger partial charge on any atom is 0.527 e. The molecule has 0 aromatic rings. The third kappa shape index (κ3) is 4.05. The number of hydrogen-bond acceptors (Lipinski definition) is 3. The van der Waals surface area contributed by atoms with Gasteiger partial charge in [0.2, 0.25) is 0 Å². The Morgan fingerprint density at radius 2 is 1.93 bits per heavy atom. The van der Waals surface area contributed by atoms with Gasteiger partial charge in [-0.15, -0.1) is 0 Å². The van der Waals surface area contributed by atoms with Crippen LogP contribution < -0.4 is 0 Å². The van der Waals surface area contributed by atoms with Gasteiger partial charge in [0.25, 0.3) is 0 Å². The molecule has 0 aliphatic carbocycles. The van der Waals surface area contributed by atoms with E-state index in [0.29, 0.717) is 6.42 Å². The van der Waals surface area contributed by atoms with Crippen LogP contribution >= 0.6 is 7.82 Å². The lowest BCUT2D eigenvalue weighted by atomic mass is 9.83. The van der Waals surface area contributed by atoms with Crippen molar-refractivity contribution in [3.63, 3.8) is 0 Å². The lowest BCUT2D eigenvalue weighted by molar-refractivity contribution is -0.132. The largest absolute Gasteiger partial charge is 0.527 e. The number of carbonyl (C=O) groups is 1. The van der Waals surface area contributed by atoms with E-state index in [1.54, 1.807) is 13.8 Å². The van der Waals surface area contributed by atoms with Crippen molar-refractivity contribution in [1.29, 1.82) is 0 Å². The molecular formula is C8H15O5P. The molecule has 14 heavy (non-hydrogen) atoms. The minimum Gasteiger partial charge on any atom is -0.367 e. The zero-order valence-electron chi connectivity index (χ0n) is 8.48. The van der Waals surface area contributed by atoms with Gasteiger partial charge >= 0.3 is 13.8 Å². The molecule has 0 amide bonds. The Bertz CT molecular complexity index is 288. The Morgan fingerprint density at radius 3 is 2.21 bits per heavy atom. The van der Waals surface area contributed by atoms with E-state index in [1.165, 1.54) is 0 Å². The third-order valence-corrected chi connectivity index (χ3v) is 2.55. The zero-order chi connectivity index (χ0) is 11.6. The minimum atomic E-state index is -4.77. The smallest absolute Gasteiger partial charge is 0.367 e. The minimum absolute atomic E-state index is 0.0586. The van der Waals surface area contributed by atoms with Crippen molar-refractivity contribution >= 4 is 13.8 Å². The normalized spacial score (nSPS) is 12.4. The molecule has 0 atom stereocenters. The van der Waals surface area contributed by atoms with Crippen LogP contribution in [0.4, 0.5) is 0 Å². The first-order valence-electron chi connectivity index (χ1n) is 4.09. The van der Waals surface area contributed by atoms with E-state index in [-0.39, 0.29) is 5.57 Å². The quantitative estimate of drug-likeness (QED) is 0.557. The fraction of sp³-hybridized carbons (Fsp3) is 0.625. The van der Waals surface area contributed by atoms with E-state index in [9.17, 15) is 9.36 Å². The molecule has 0 aromatic heterocycles. The van der Waals surface area contributed by atoms with Crippen molar-refractivity contribution in [3.05, 3.63) is 12.2 Å². The van der Waals surface area contributed by atoms with Crippen LogP contribution in [0.3, 0.4) is 0 Å². The lowest BCUT2D eigenvalue weighted by Crippen LogP contribution is -2.20. The molecule has 0 saturated carbocycles. The summed E-state index contributed by atoms with van der Waals surface area (Å²) in [6, 6.07) is 0. The van der Waals surface area contributed by atoms with Gasteiger partial charge in [-0.05, 0) is 11.8 Å². The summed E-state index contributed by atoms with van der Waals surface area (Å²) < 4.78 is 14.3. The first kappa shape index (κ1) is 13.4. The molecule has 0 heterocycles. The molecule has 82 valence electrons. The highest BCUT2D eigenvalue weighted by molar-refractivity contribution is 7.46. The van der Waals surface area contributed by atoms with E-state index in [0.717, 1.165) is 0 Å². The van der Waals surface area contributed by atoms with Gasteiger partial charge in [-0.3, -0.25) is 9.79 Å². The molecule has 0 saturated heterocycles. The summed E-state index contributed by atoms with van der Waals surface area (Å²) in [5.74, 6) is -1.05. The Kier molecular flexibility index (Phi) is 4.06. The maximum absolute atomic E-state index is 11.2. The van der Waals surface area contributed by atoms with Crippen molar-refractivity contribution in [1.82, 2.24) is 0 Å². The summed E-state index contributed by atoms with van der Waals surface area (Å²) >= 11 is 0. The Labute approximate surface area is 83.0 Å². The fourth-order valence-corrected chi connectivity index (χ4v) is 0.979. The van der Waals surface area contributed by atoms with Gasteiger partial charge in [0.1, 0.15) is 0 Å². The molecule has 0 spiro atoms. The van der Waals surface area contributed by atoms with Gasteiger partial charge in [-0.1, -0.05) is 27.4 Å². The first-order chi connectivity index (χ1) is 6.10. The molecule has 0 aliphatic heterocycles.